The Hall–Kier alpha value is -3.89. The van der Waals surface area contributed by atoms with E-state index in [0.29, 0.717) is 5.56 Å². The van der Waals surface area contributed by atoms with E-state index in [0.717, 1.165) is 12.1 Å². The molecule has 1 heterocycles. The van der Waals surface area contributed by atoms with Gasteiger partial charge >= 0.3 is 6.18 Å². The van der Waals surface area contributed by atoms with Gasteiger partial charge in [0.15, 0.2) is 0 Å². The second-order valence-corrected chi connectivity index (χ2v) is 5.69. The molecule has 1 aromatic heterocycles. The molecule has 0 saturated heterocycles. The molecule has 0 radical (unpaired) electrons. The first kappa shape index (κ1) is 19.9. The van der Waals surface area contributed by atoms with Crippen molar-refractivity contribution in [3.8, 4) is 5.75 Å². The fraction of sp³-hybridized carbons (Fsp3) is 0.111. The number of phenols is 1. The minimum absolute atomic E-state index is 0.0175. The standard InChI is InChI=1S/C18H16F3N7O/c1-22-15-25-16(24-13-7-4-6-12(9-13)18(19,20)21)27-17(26-15)28-23-10-11-5-2-3-8-14(11)29/h2-10,29H,1H3,(H3,22,24,25,26,27,28)/b23-10+. The van der Waals surface area contributed by atoms with Gasteiger partial charge in [-0.3, -0.25) is 0 Å². The quantitative estimate of drug-likeness (QED) is 0.366. The summed E-state index contributed by atoms with van der Waals surface area (Å²) in [7, 11) is 1.58. The van der Waals surface area contributed by atoms with E-state index in [9.17, 15) is 18.3 Å². The van der Waals surface area contributed by atoms with Crippen molar-refractivity contribution in [3.63, 3.8) is 0 Å². The van der Waals surface area contributed by atoms with Crippen LogP contribution in [0.4, 0.5) is 36.7 Å². The van der Waals surface area contributed by atoms with Crippen molar-refractivity contribution < 1.29 is 18.3 Å². The molecular formula is C18H16F3N7O. The summed E-state index contributed by atoms with van der Waals surface area (Å²) in [6.45, 7) is 0. The van der Waals surface area contributed by atoms with Crippen molar-refractivity contribution >= 4 is 29.7 Å². The number of hydrogen-bond acceptors (Lipinski definition) is 8. The Morgan fingerprint density at radius 2 is 1.69 bits per heavy atom. The molecule has 3 rings (SSSR count). The fourth-order valence-corrected chi connectivity index (χ4v) is 2.25. The van der Waals surface area contributed by atoms with Gasteiger partial charge in [0.1, 0.15) is 5.75 Å². The maximum Gasteiger partial charge on any atom is 0.416 e. The SMILES string of the molecule is CNc1nc(N/N=C/c2ccccc2O)nc(Nc2cccc(C(F)(F)F)c2)n1. The number of rotatable bonds is 6. The molecule has 0 spiro atoms. The Morgan fingerprint density at radius 3 is 2.41 bits per heavy atom. The van der Waals surface area contributed by atoms with Crippen molar-refractivity contribution in [3.05, 3.63) is 59.7 Å². The summed E-state index contributed by atoms with van der Waals surface area (Å²) < 4.78 is 38.6. The minimum atomic E-state index is -4.46. The lowest BCUT2D eigenvalue weighted by atomic mass is 10.2. The molecule has 0 aliphatic carbocycles. The molecule has 0 aliphatic rings. The van der Waals surface area contributed by atoms with Crippen molar-refractivity contribution in [2.45, 2.75) is 6.18 Å². The van der Waals surface area contributed by atoms with Crippen LogP contribution in [0.2, 0.25) is 0 Å². The van der Waals surface area contributed by atoms with Crippen LogP contribution in [0.15, 0.2) is 53.6 Å². The van der Waals surface area contributed by atoms with Gasteiger partial charge < -0.3 is 15.7 Å². The van der Waals surface area contributed by atoms with Crippen LogP contribution in [0.3, 0.4) is 0 Å². The zero-order valence-corrected chi connectivity index (χ0v) is 15.1. The maximum atomic E-state index is 12.9. The van der Waals surface area contributed by atoms with Crippen LogP contribution in [0.25, 0.3) is 0 Å². The Kier molecular flexibility index (Phi) is 5.77. The highest BCUT2D eigenvalue weighted by atomic mass is 19.4. The molecule has 150 valence electrons. The summed E-state index contributed by atoms with van der Waals surface area (Å²) in [5, 5.41) is 19.1. The highest BCUT2D eigenvalue weighted by molar-refractivity contribution is 5.83. The Bertz CT molecular complexity index is 1020. The molecule has 2 aromatic carbocycles. The zero-order valence-electron chi connectivity index (χ0n) is 15.1. The average molecular weight is 403 g/mol. The number of hydrazone groups is 1. The van der Waals surface area contributed by atoms with E-state index in [1.807, 2.05) is 0 Å². The van der Waals surface area contributed by atoms with Crippen LogP contribution in [0.1, 0.15) is 11.1 Å². The fourth-order valence-electron chi connectivity index (χ4n) is 2.25. The summed E-state index contributed by atoms with van der Waals surface area (Å²) in [4.78, 5) is 12.2. The van der Waals surface area contributed by atoms with Gasteiger partial charge in [-0.15, -0.1) is 0 Å². The van der Waals surface area contributed by atoms with Gasteiger partial charge in [-0.25, -0.2) is 5.43 Å². The van der Waals surface area contributed by atoms with Crippen LogP contribution in [0.5, 0.6) is 5.75 Å². The second kappa shape index (κ2) is 8.42. The number of alkyl halides is 3. The molecule has 4 N–H and O–H groups in total. The molecule has 3 aromatic rings. The Morgan fingerprint density at radius 1 is 0.966 bits per heavy atom. The molecule has 0 saturated carbocycles. The van der Waals surface area contributed by atoms with Gasteiger partial charge in [0.05, 0.1) is 11.8 Å². The van der Waals surface area contributed by atoms with Gasteiger partial charge in [0, 0.05) is 18.3 Å². The second-order valence-electron chi connectivity index (χ2n) is 5.69. The van der Waals surface area contributed by atoms with E-state index >= 15 is 0 Å². The number of hydrogen-bond donors (Lipinski definition) is 4. The maximum absolute atomic E-state index is 12.9. The van der Waals surface area contributed by atoms with Gasteiger partial charge in [-0.2, -0.15) is 33.2 Å². The van der Waals surface area contributed by atoms with E-state index < -0.39 is 11.7 Å². The molecular weight excluding hydrogens is 387 g/mol. The summed E-state index contributed by atoms with van der Waals surface area (Å²) in [5.74, 6) is 0.292. The lowest BCUT2D eigenvalue weighted by Crippen LogP contribution is -2.08. The van der Waals surface area contributed by atoms with Crippen LogP contribution >= 0.6 is 0 Å². The van der Waals surface area contributed by atoms with E-state index in [1.54, 1.807) is 25.2 Å². The molecule has 0 bridgehead atoms. The van der Waals surface area contributed by atoms with Crippen molar-refractivity contribution in [2.75, 3.05) is 23.1 Å². The Balaban J connectivity index is 1.79. The number of para-hydroxylation sites is 1. The van der Waals surface area contributed by atoms with Crippen molar-refractivity contribution in [2.24, 2.45) is 5.10 Å². The summed E-state index contributed by atoms with van der Waals surface area (Å²) in [6.07, 6.45) is -3.09. The van der Waals surface area contributed by atoms with Crippen LogP contribution < -0.4 is 16.1 Å². The number of phenolic OH excluding ortho intramolecular Hbond substituents is 1. The molecule has 0 fully saturated rings. The molecule has 0 atom stereocenters. The number of nitrogens with one attached hydrogen (secondary N) is 3. The lowest BCUT2D eigenvalue weighted by Gasteiger charge is -2.11. The topological polar surface area (TPSA) is 107 Å². The number of halogens is 3. The molecule has 0 unspecified atom stereocenters. The zero-order chi connectivity index (χ0) is 20.9. The van der Waals surface area contributed by atoms with Crippen molar-refractivity contribution in [1.29, 1.82) is 0 Å². The van der Waals surface area contributed by atoms with E-state index in [1.165, 1.54) is 24.4 Å². The summed E-state index contributed by atoms with van der Waals surface area (Å²) in [6, 6.07) is 11.2. The third-order valence-electron chi connectivity index (χ3n) is 3.61. The third kappa shape index (κ3) is 5.31. The highest BCUT2D eigenvalue weighted by Gasteiger charge is 2.30. The number of benzene rings is 2. The molecule has 11 heteroatoms. The third-order valence-corrected chi connectivity index (χ3v) is 3.61. The predicted octanol–water partition coefficient (Wildman–Crippen LogP) is 3.83. The van der Waals surface area contributed by atoms with Gasteiger partial charge in [0.25, 0.3) is 0 Å². The van der Waals surface area contributed by atoms with Crippen molar-refractivity contribution in [1.82, 2.24) is 15.0 Å². The Labute approximate surface area is 163 Å². The lowest BCUT2D eigenvalue weighted by molar-refractivity contribution is -0.137. The number of nitrogens with zero attached hydrogens (tertiary/aromatic N) is 4. The first-order chi connectivity index (χ1) is 13.8. The molecule has 8 nitrogen and oxygen atoms in total. The predicted molar refractivity (Wildman–Crippen MR) is 103 cm³/mol. The number of aromatic nitrogens is 3. The number of aromatic hydroxyl groups is 1. The first-order valence-electron chi connectivity index (χ1n) is 8.30. The minimum Gasteiger partial charge on any atom is -0.507 e. The summed E-state index contributed by atoms with van der Waals surface area (Å²) >= 11 is 0. The van der Waals surface area contributed by atoms with E-state index in [4.69, 9.17) is 0 Å². The molecule has 0 amide bonds. The summed E-state index contributed by atoms with van der Waals surface area (Å²) in [5.41, 5.74) is 2.44. The molecule has 0 aliphatic heterocycles. The van der Waals surface area contributed by atoms with Gasteiger partial charge in [-0.05, 0) is 30.3 Å². The normalized spacial score (nSPS) is 11.4. The number of anilines is 4. The molecule has 29 heavy (non-hydrogen) atoms. The van der Waals surface area contributed by atoms with Crippen LogP contribution in [-0.4, -0.2) is 33.3 Å². The first-order valence-corrected chi connectivity index (χ1v) is 8.30. The van der Waals surface area contributed by atoms with Crippen LogP contribution in [-0.2, 0) is 6.18 Å². The van der Waals surface area contributed by atoms with Gasteiger partial charge in [-0.1, -0.05) is 18.2 Å². The smallest absolute Gasteiger partial charge is 0.416 e. The van der Waals surface area contributed by atoms with E-state index in [2.05, 4.69) is 36.1 Å². The highest BCUT2D eigenvalue weighted by Crippen LogP contribution is 2.31. The average Bonchev–Trinajstić information content (AvgIpc) is 2.69. The van der Waals surface area contributed by atoms with Crippen LogP contribution in [0, 0.1) is 0 Å². The monoisotopic (exact) mass is 403 g/mol. The van der Waals surface area contributed by atoms with Gasteiger partial charge in [0.2, 0.25) is 17.8 Å². The largest absolute Gasteiger partial charge is 0.507 e. The van der Waals surface area contributed by atoms with E-state index in [-0.39, 0.29) is 29.3 Å².